The van der Waals surface area contributed by atoms with Crippen molar-refractivity contribution in [2.24, 2.45) is 5.92 Å². The molecule has 5 heteroatoms. The molecule has 18 heavy (non-hydrogen) atoms. The molecular formula is C13H19N5. The summed E-state index contributed by atoms with van der Waals surface area (Å²) in [6.45, 7) is 6.19. The molecule has 2 N–H and O–H groups in total. The van der Waals surface area contributed by atoms with Crippen LogP contribution in [0.1, 0.15) is 26.1 Å². The van der Waals surface area contributed by atoms with E-state index in [0.29, 0.717) is 5.92 Å². The normalized spacial score (nSPS) is 18.9. The second kappa shape index (κ2) is 4.15. The third kappa shape index (κ3) is 1.70. The Labute approximate surface area is 107 Å². The first kappa shape index (κ1) is 11.3. The summed E-state index contributed by atoms with van der Waals surface area (Å²) < 4.78 is 4.05. The number of hydrogen-bond donors (Lipinski definition) is 1. The van der Waals surface area contributed by atoms with E-state index < -0.39 is 0 Å². The van der Waals surface area contributed by atoms with Crippen LogP contribution in [0, 0.1) is 5.92 Å². The number of fused-ring (bicyclic) bond motifs is 1. The van der Waals surface area contributed by atoms with Gasteiger partial charge in [-0.05, 0) is 19.3 Å². The molecule has 0 fully saturated rings. The Bertz CT molecular complexity index is 566. The predicted octanol–water partition coefficient (Wildman–Crippen LogP) is 1.93. The molecule has 1 unspecified atom stereocenters. The standard InChI is InChI=1S/C13H19N5/c1-3-17-8-10(7-15-17)12-13(14)18-5-4-9(2)6-11(18)16-12/h7-9H,3-6,14H2,1-2H3. The van der Waals surface area contributed by atoms with Crippen molar-refractivity contribution in [3.8, 4) is 11.3 Å². The molecule has 0 spiro atoms. The van der Waals surface area contributed by atoms with Gasteiger partial charge in [-0.1, -0.05) is 6.92 Å². The predicted molar refractivity (Wildman–Crippen MR) is 71.0 cm³/mol. The minimum atomic E-state index is 0.700. The van der Waals surface area contributed by atoms with Gasteiger partial charge in [0.1, 0.15) is 17.3 Å². The number of aryl methyl sites for hydroxylation is 1. The average molecular weight is 245 g/mol. The topological polar surface area (TPSA) is 61.7 Å². The molecule has 0 bridgehead atoms. The highest BCUT2D eigenvalue weighted by atomic mass is 15.3. The monoisotopic (exact) mass is 245 g/mol. The van der Waals surface area contributed by atoms with Crippen molar-refractivity contribution in [1.82, 2.24) is 19.3 Å². The fourth-order valence-electron chi connectivity index (χ4n) is 2.55. The number of hydrogen-bond acceptors (Lipinski definition) is 3. The van der Waals surface area contributed by atoms with Crippen LogP contribution in [0.25, 0.3) is 11.3 Å². The van der Waals surface area contributed by atoms with Gasteiger partial charge in [0, 0.05) is 31.3 Å². The average Bonchev–Trinajstić information content (AvgIpc) is 2.94. The maximum absolute atomic E-state index is 6.22. The van der Waals surface area contributed by atoms with Gasteiger partial charge in [0.2, 0.25) is 0 Å². The lowest BCUT2D eigenvalue weighted by molar-refractivity contribution is 0.412. The molecule has 3 heterocycles. The quantitative estimate of drug-likeness (QED) is 0.879. The van der Waals surface area contributed by atoms with Crippen molar-refractivity contribution in [2.45, 2.75) is 39.8 Å². The van der Waals surface area contributed by atoms with Gasteiger partial charge in [0.15, 0.2) is 0 Å². The number of rotatable bonds is 2. The van der Waals surface area contributed by atoms with Crippen LogP contribution in [0.4, 0.5) is 5.82 Å². The van der Waals surface area contributed by atoms with Crippen LogP contribution in [0.2, 0.25) is 0 Å². The summed E-state index contributed by atoms with van der Waals surface area (Å²) in [5.41, 5.74) is 8.12. The largest absolute Gasteiger partial charge is 0.383 e. The lowest BCUT2D eigenvalue weighted by Gasteiger charge is -2.20. The Morgan fingerprint density at radius 2 is 2.33 bits per heavy atom. The van der Waals surface area contributed by atoms with E-state index in [1.54, 1.807) is 0 Å². The zero-order valence-corrected chi connectivity index (χ0v) is 10.9. The van der Waals surface area contributed by atoms with E-state index in [-0.39, 0.29) is 0 Å². The van der Waals surface area contributed by atoms with Gasteiger partial charge in [-0.2, -0.15) is 5.10 Å². The molecule has 2 aromatic rings. The van der Waals surface area contributed by atoms with Gasteiger partial charge < -0.3 is 10.3 Å². The lowest BCUT2D eigenvalue weighted by Crippen LogP contribution is -2.18. The van der Waals surface area contributed by atoms with Crippen molar-refractivity contribution in [3.63, 3.8) is 0 Å². The Kier molecular flexibility index (Phi) is 2.61. The second-order valence-corrected chi connectivity index (χ2v) is 5.10. The Morgan fingerprint density at radius 3 is 3.06 bits per heavy atom. The number of imidazole rings is 1. The minimum absolute atomic E-state index is 0.700. The summed E-state index contributed by atoms with van der Waals surface area (Å²) in [5, 5.41) is 4.29. The molecule has 0 aliphatic carbocycles. The van der Waals surface area contributed by atoms with Gasteiger partial charge >= 0.3 is 0 Å². The first-order valence-corrected chi connectivity index (χ1v) is 6.56. The molecule has 5 nitrogen and oxygen atoms in total. The molecule has 2 aromatic heterocycles. The van der Waals surface area contributed by atoms with E-state index in [1.165, 1.54) is 6.42 Å². The molecular weight excluding hydrogens is 226 g/mol. The first-order chi connectivity index (χ1) is 8.69. The van der Waals surface area contributed by atoms with E-state index in [2.05, 4.69) is 23.5 Å². The van der Waals surface area contributed by atoms with Crippen LogP contribution in [-0.2, 0) is 19.5 Å². The van der Waals surface area contributed by atoms with Crippen molar-refractivity contribution in [2.75, 3.05) is 5.73 Å². The van der Waals surface area contributed by atoms with Crippen molar-refractivity contribution < 1.29 is 0 Å². The smallest absolute Gasteiger partial charge is 0.131 e. The number of nitrogen functional groups attached to an aromatic ring is 1. The third-order valence-corrected chi connectivity index (χ3v) is 3.69. The highest BCUT2D eigenvalue weighted by Crippen LogP contribution is 2.30. The summed E-state index contributed by atoms with van der Waals surface area (Å²) in [6, 6.07) is 0. The minimum Gasteiger partial charge on any atom is -0.383 e. The van der Waals surface area contributed by atoms with Gasteiger partial charge in [0.25, 0.3) is 0 Å². The van der Waals surface area contributed by atoms with Crippen LogP contribution in [0.15, 0.2) is 12.4 Å². The van der Waals surface area contributed by atoms with Crippen LogP contribution in [-0.4, -0.2) is 19.3 Å². The van der Waals surface area contributed by atoms with Gasteiger partial charge in [-0.3, -0.25) is 4.68 Å². The molecule has 3 rings (SSSR count). The summed E-state index contributed by atoms with van der Waals surface area (Å²) in [7, 11) is 0. The molecule has 0 amide bonds. The van der Waals surface area contributed by atoms with Gasteiger partial charge in [0.05, 0.1) is 6.20 Å². The van der Waals surface area contributed by atoms with E-state index in [0.717, 1.165) is 42.4 Å². The van der Waals surface area contributed by atoms with Crippen molar-refractivity contribution in [1.29, 1.82) is 0 Å². The van der Waals surface area contributed by atoms with Crippen LogP contribution in [0.3, 0.4) is 0 Å². The maximum Gasteiger partial charge on any atom is 0.131 e. The SMILES string of the molecule is CCn1cc(-c2nc3n(c2N)CCC(C)C3)cn1. The molecule has 0 saturated carbocycles. The summed E-state index contributed by atoms with van der Waals surface area (Å²) in [6.07, 6.45) is 6.05. The van der Waals surface area contributed by atoms with E-state index >= 15 is 0 Å². The summed E-state index contributed by atoms with van der Waals surface area (Å²) in [5.74, 6) is 2.60. The highest BCUT2D eigenvalue weighted by molar-refractivity contribution is 5.70. The van der Waals surface area contributed by atoms with Gasteiger partial charge in [-0.15, -0.1) is 0 Å². The van der Waals surface area contributed by atoms with E-state index in [1.807, 2.05) is 17.1 Å². The fraction of sp³-hybridized carbons (Fsp3) is 0.538. The highest BCUT2D eigenvalue weighted by Gasteiger charge is 2.22. The molecule has 0 saturated heterocycles. The van der Waals surface area contributed by atoms with Crippen LogP contribution >= 0.6 is 0 Å². The number of nitrogens with zero attached hydrogens (tertiary/aromatic N) is 4. The summed E-state index contributed by atoms with van der Waals surface area (Å²) in [4.78, 5) is 4.70. The van der Waals surface area contributed by atoms with Gasteiger partial charge in [-0.25, -0.2) is 4.98 Å². The molecule has 96 valence electrons. The fourth-order valence-corrected chi connectivity index (χ4v) is 2.55. The molecule has 1 aliphatic rings. The van der Waals surface area contributed by atoms with Crippen LogP contribution < -0.4 is 5.73 Å². The Morgan fingerprint density at radius 1 is 1.50 bits per heavy atom. The summed E-state index contributed by atoms with van der Waals surface area (Å²) >= 11 is 0. The van der Waals surface area contributed by atoms with E-state index in [4.69, 9.17) is 10.7 Å². The van der Waals surface area contributed by atoms with Crippen molar-refractivity contribution in [3.05, 3.63) is 18.2 Å². The first-order valence-electron chi connectivity index (χ1n) is 6.56. The zero-order chi connectivity index (χ0) is 12.7. The molecule has 1 aliphatic heterocycles. The zero-order valence-electron chi connectivity index (χ0n) is 10.9. The second-order valence-electron chi connectivity index (χ2n) is 5.10. The molecule has 1 atom stereocenters. The number of nitrogens with two attached hydrogens (primary N) is 1. The molecule has 0 aromatic carbocycles. The lowest BCUT2D eigenvalue weighted by atomic mass is 10.0. The van der Waals surface area contributed by atoms with E-state index in [9.17, 15) is 0 Å². The van der Waals surface area contributed by atoms with Crippen LogP contribution in [0.5, 0.6) is 0 Å². The Balaban J connectivity index is 2.03. The Hall–Kier alpha value is -1.78. The molecule has 0 radical (unpaired) electrons. The maximum atomic E-state index is 6.22. The van der Waals surface area contributed by atoms with Crippen molar-refractivity contribution >= 4 is 5.82 Å². The third-order valence-electron chi connectivity index (χ3n) is 3.69. The number of anilines is 1. The number of aromatic nitrogens is 4.